The zero-order valence-corrected chi connectivity index (χ0v) is 18.6. The van der Waals surface area contributed by atoms with Crippen LogP contribution in [0, 0.1) is 0 Å². The summed E-state index contributed by atoms with van der Waals surface area (Å²) < 4.78 is 5.47. The lowest BCUT2D eigenvalue weighted by molar-refractivity contribution is -0.138. The number of amides is 2. The first-order valence-corrected chi connectivity index (χ1v) is 11.2. The molecule has 7 nitrogen and oxygen atoms in total. The second-order valence-electron chi connectivity index (χ2n) is 8.12. The average Bonchev–Trinajstić information content (AvgIpc) is 3.18. The van der Waals surface area contributed by atoms with Crippen molar-refractivity contribution >= 4 is 18.0 Å². The number of nitrogens with zero attached hydrogens (tertiary/aromatic N) is 1. The molecule has 2 amide bonds. The minimum Gasteiger partial charge on any atom is -0.481 e. The molecule has 0 fully saturated rings. The number of aliphatic carboxylic acids is 1. The molecule has 0 bridgehead atoms. The highest BCUT2D eigenvalue weighted by atomic mass is 16.5. The SMILES string of the molecule is O=C(O)CCN(Cc1ccccc1)C(=O)CNC(=O)OCC1c2ccccc2-c2ccccc21. The number of carboxylic acid groups (broad SMARTS) is 1. The maximum atomic E-state index is 12.7. The molecule has 1 aliphatic rings. The second kappa shape index (κ2) is 10.7. The summed E-state index contributed by atoms with van der Waals surface area (Å²) in [5.74, 6) is -1.44. The predicted octanol–water partition coefficient (Wildman–Crippen LogP) is 4.03. The maximum absolute atomic E-state index is 12.7. The van der Waals surface area contributed by atoms with Gasteiger partial charge < -0.3 is 20.1 Å². The number of alkyl carbamates (subject to hydrolysis) is 1. The molecule has 0 radical (unpaired) electrons. The highest BCUT2D eigenvalue weighted by Gasteiger charge is 2.29. The summed E-state index contributed by atoms with van der Waals surface area (Å²) in [6.07, 6.45) is -0.864. The molecule has 2 N–H and O–H groups in total. The van der Waals surface area contributed by atoms with Crippen molar-refractivity contribution in [1.82, 2.24) is 10.2 Å². The van der Waals surface area contributed by atoms with Crippen LogP contribution in [0.1, 0.15) is 29.0 Å². The Balaban J connectivity index is 1.34. The number of hydrogen-bond donors (Lipinski definition) is 2. The quantitative estimate of drug-likeness (QED) is 0.505. The monoisotopic (exact) mass is 458 g/mol. The summed E-state index contributed by atoms with van der Waals surface area (Å²) in [5, 5.41) is 11.5. The maximum Gasteiger partial charge on any atom is 0.407 e. The highest BCUT2D eigenvalue weighted by molar-refractivity contribution is 5.83. The van der Waals surface area contributed by atoms with Gasteiger partial charge >= 0.3 is 12.1 Å². The molecular weight excluding hydrogens is 432 g/mol. The van der Waals surface area contributed by atoms with Crippen molar-refractivity contribution < 1.29 is 24.2 Å². The molecular formula is C27H26N2O5. The summed E-state index contributed by atoms with van der Waals surface area (Å²) in [7, 11) is 0. The summed E-state index contributed by atoms with van der Waals surface area (Å²) in [5.41, 5.74) is 5.36. The van der Waals surface area contributed by atoms with Crippen molar-refractivity contribution in [2.45, 2.75) is 18.9 Å². The van der Waals surface area contributed by atoms with Crippen LogP contribution in [-0.4, -0.2) is 47.7 Å². The number of rotatable bonds is 9. The molecule has 0 saturated heterocycles. The lowest BCUT2D eigenvalue weighted by Gasteiger charge is -2.22. The number of fused-ring (bicyclic) bond motifs is 3. The van der Waals surface area contributed by atoms with Crippen molar-refractivity contribution in [3.63, 3.8) is 0 Å². The van der Waals surface area contributed by atoms with E-state index in [2.05, 4.69) is 17.4 Å². The fraction of sp³-hybridized carbons (Fsp3) is 0.222. The van der Waals surface area contributed by atoms with Gasteiger partial charge in [-0.25, -0.2) is 4.79 Å². The van der Waals surface area contributed by atoms with E-state index < -0.39 is 12.1 Å². The summed E-state index contributed by atoms with van der Waals surface area (Å²) in [4.78, 5) is 37.5. The van der Waals surface area contributed by atoms with E-state index in [1.165, 1.54) is 4.90 Å². The highest BCUT2D eigenvalue weighted by Crippen LogP contribution is 2.44. The third-order valence-corrected chi connectivity index (χ3v) is 5.89. The average molecular weight is 459 g/mol. The third-order valence-electron chi connectivity index (χ3n) is 5.89. The molecule has 0 aliphatic heterocycles. The Bertz CT molecular complexity index is 1130. The predicted molar refractivity (Wildman–Crippen MR) is 127 cm³/mol. The van der Waals surface area contributed by atoms with Crippen molar-refractivity contribution in [3.05, 3.63) is 95.6 Å². The van der Waals surface area contributed by atoms with Gasteiger partial charge in [-0.15, -0.1) is 0 Å². The number of carbonyl (C=O) groups is 3. The van der Waals surface area contributed by atoms with Gasteiger partial charge in [-0.1, -0.05) is 78.9 Å². The number of hydrogen-bond acceptors (Lipinski definition) is 4. The molecule has 0 spiro atoms. The van der Waals surface area contributed by atoms with Crippen LogP contribution in [0.5, 0.6) is 0 Å². The molecule has 1 aliphatic carbocycles. The summed E-state index contributed by atoms with van der Waals surface area (Å²) >= 11 is 0. The molecule has 0 heterocycles. The van der Waals surface area contributed by atoms with Crippen molar-refractivity contribution in [2.75, 3.05) is 19.7 Å². The Morgan fingerprint density at radius 1 is 0.853 bits per heavy atom. The molecule has 0 unspecified atom stereocenters. The first-order valence-electron chi connectivity index (χ1n) is 11.2. The number of nitrogens with one attached hydrogen (secondary N) is 1. The smallest absolute Gasteiger partial charge is 0.407 e. The van der Waals surface area contributed by atoms with Gasteiger partial charge in [0.2, 0.25) is 5.91 Å². The van der Waals surface area contributed by atoms with E-state index in [-0.39, 0.29) is 44.5 Å². The number of ether oxygens (including phenoxy) is 1. The molecule has 0 aromatic heterocycles. The molecule has 3 aromatic rings. The van der Waals surface area contributed by atoms with Gasteiger partial charge in [-0.3, -0.25) is 9.59 Å². The number of carboxylic acids is 1. The van der Waals surface area contributed by atoms with Crippen LogP contribution in [0.15, 0.2) is 78.9 Å². The van der Waals surface area contributed by atoms with Gasteiger partial charge in [0.25, 0.3) is 0 Å². The van der Waals surface area contributed by atoms with E-state index in [1.807, 2.05) is 66.7 Å². The number of benzene rings is 3. The van der Waals surface area contributed by atoms with E-state index in [0.717, 1.165) is 27.8 Å². The van der Waals surface area contributed by atoms with Crippen molar-refractivity contribution in [1.29, 1.82) is 0 Å². The fourth-order valence-corrected chi connectivity index (χ4v) is 4.24. The van der Waals surface area contributed by atoms with Crippen LogP contribution in [0.25, 0.3) is 11.1 Å². The van der Waals surface area contributed by atoms with Gasteiger partial charge in [0.1, 0.15) is 13.2 Å². The second-order valence-corrected chi connectivity index (χ2v) is 8.12. The Kier molecular flexibility index (Phi) is 7.22. The Hall–Kier alpha value is -4.13. The standard InChI is InChI=1S/C27H26N2O5/c30-25(29(15-14-26(31)32)17-19-8-2-1-3-9-19)16-28-27(33)34-18-24-22-12-6-4-10-20(22)21-11-5-7-13-23(21)24/h1-13,24H,14-18H2,(H,28,33)(H,31,32). The van der Waals surface area contributed by atoms with Gasteiger partial charge in [0.05, 0.1) is 6.42 Å². The van der Waals surface area contributed by atoms with Crippen LogP contribution in [-0.2, 0) is 20.9 Å². The van der Waals surface area contributed by atoms with E-state index in [4.69, 9.17) is 9.84 Å². The van der Waals surface area contributed by atoms with Crippen molar-refractivity contribution in [3.8, 4) is 11.1 Å². The van der Waals surface area contributed by atoms with Crippen LogP contribution in [0.3, 0.4) is 0 Å². The van der Waals surface area contributed by atoms with E-state index in [0.29, 0.717) is 0 Å². The minimum atomic E-state index is -0.990. The Morgan fingerprint density at radius 2 is 1.44 bits per heavy atom. The lowest BCUT2D eigenvalue weighted by Crippen LogP contribution is -2.41. The van der Waals surface area contributed by atoms with Crippen LogP contribution >= 0.6 is 0 Å². The molecule has 3 aromatic carbocycles. The molecule has 7 heteroatoms. The summed E-state index contributed by atoms with van der Waals surface area (Å²) in [6, 6.07) is 25.4. The molecule has 174 valence electrons. The van der Waals surface area contributed by atoms with Crippen molar-refractivity contribution in [2.24, 2.45) is 0 Å². The zero-order valence-electron chi connectivity index (χ0n) is 18.6. The van der Waals surface area contributed by atoms with Gasteiger partial charge in [-0.2, -0.15) is 0 Å². The molecule has 34 heavy (non-hydrogen) atoms. The van der Waals surface area contributed by atoms with Gasteiger partial charge in [0.15, 0.2) is 0 Å². The van der Waals surface area contributed by atoms with Crippen LogP contribution < -0.4 is 5.32 Å². The largest absolute Gasteiger partial charge is 0.481 e. The number of carbonyl (C=O) groups excluding carboxylic acids is 2. The molecule has 0 atom stereocenters. The van der Waals surface area contributed by atoms with E-state index in [9.17, 15) is 14.4 Å². The normalized spacial score (nSPS) is 11.9. The van der Waals surface area contributed by atoms with Crippen LogP contribution in [0.2, 0.25) is 0 Å². The first kappa shape index (κ1) is 23.0. The lowest BCUT2D eigenvalue weighted by atomic mass is 9.98. The molecule has 0 saturated carbocycles. The van der Waals surface area contributed by atoms with E-state index >= 15 is 0 Å². The topological polar surface area (TPSA) is 95.9 Å². The third kappa shape index (κ3) is 5.43. The fourth-order valence-electron chi connectivity index (χ4n) is 4.24. The van der Waals surface area contributed by atoms with Gasteiger partial charge in [0, 0.05) is 19.0 Å². The van der Waals surface area contributed by atoms with Gasteiger partial charge in [-0.05, 0) is 27.8 Å². The Labute approximate surface area is 198 Å². The minimum absolute atomic E-state index is 0.0510. The summed E-state index contributed by atoms with van der Waals surface area (Å²) in [6.45, 7) is 0.193. The Morgan fingerprint density at radius 3 is 2.06 bits per heavy atom. The zero-order chi connectivity index (χ0) is 23.9. The molecule has 4 rings (SSSR count). The van der Waals surface area contributed by atoms with E-state index in [1.54, 1.807) is 0 Å². The van der Waals surface area contributed by atoms with Crippen LogP contribution in [0.4, 0.5) is 4.79 Å². The first-order chi connectivity index (χ1) is 16.5.